The molecule has 0 atom stereocenters. The Bertz CT molecular complexity index is 525. The van der Waals surface area contributed by atoms with Crippen molar-refractivity contribution in [1.82, 2.24) is 10.3 Å². The summed E-state index contributed by atoms with van der Waals surface area (Å²) >= 11 is 3.57. The van der Waals surface area contributed by atoms with Crippen LogP contribution < -0.4 is 10.2 Å². The van der Waals surface area contributed by atoms with E-state index >= 15 is 0 Å². The van der Waals surface area contributed by atoms with Crippen LogP contribution in [0.15, 0.2) is 47.1 Å². The van der Waals surface area contributed by atoms with Crippen molar-refractivity contribution in [2.24, 2.45) is 0 Å². The van der Waals surface area contributed by atoms with Crippen LogP contribution >= 0.6 is 15.9 Å². The molecule has 0 radical (unpaired) electrons. The minimum atomic E-state index is 0.833. The molecule has 0 amide bonds. The lowest BCUT2D eigenvalue weighted by atomic mass is 10.2. The first kappa shape index (κ1) is 14.0. The number of pyridine rings is 1. The first-order valence-corrected chi connectivity index (χ1v) is 7.04. The van der Waals surface area contributed by atoms with Gasteiger partial charge in [-0.25, -0.2) is 4.98 Å². The van der Waals surface area contributed by atoms with E-state index in [0.717, 1.165) is 23.4 Å². The Kier molecular flexibility index (Phi) is 4.93. The molecule has 2 rings (SSSR count). The smallest absolute Gasteiger partial charge is 0.128 e. The number of aromatic nitrogens is 1. The van der Waals surface area contributed by atoms with E-state index in [4.69, 9.17) is 0 Å². The SMILES string of the molecule is CNCc1ccc(N(C)Cc2ccccc2Br)nc1. The van der Waals surface area contributed by atoms with Crippen LogP contribution in [0, 0.1) is 0 Å². The van der Waals surface area contributed by atoms with E-state index in [-0.39, 0.29) is 0 Å². The van der Waals surface area contributed by atoms with Crippen molar-refractivity contribution < 1.29 is 0 Å². The summed E-state index contributed by atoms with van der Waals surface area (Å²) in [6.07, 6.45) is 1.92. The van der Waals surface area contributed by atoms with Crippen LogP contribution in [0.5, 0.6) is 0 Å². The summed E-state index contributed by atoms with van der Waals surface area (Å²) in [7, 11) is 3.99. The maximum Gasteiger partial charge on any atom is 0.128 e. The van der Waals surface area contributed by atoms with Crippen LogP contribution in [0.1, 0.15) is 11.1 Å². The number of hydrogen-bond donors (Lipinski definition) is 1. The Hall–Kier alpha value is -1.39. The van der Waals surface area contributed by atoms with Crippen molar-refractivity contribution >= 4 is 21.7 Å². The molecule has 0 aliphatic rings. The van der Waals surface area contributed by atoms with E-state index in [0.29, 0.717) is 0 Å². The van der Waals surface area contributed by atoms with Gasteiger partial charge in [0.15, 0.2) is 0 Å². The summed E-state index contributed by atoms with van der Waals surface area (Å²) in [5, 5.41) is 3.12. The molecule has 1 heterocycles. The first-order chi connectivity index (χ1) is 9.20. The van der Waals surface area contributed by atoms with E-state index in [1.807, 2.05) is 19.3 Å². The third-order valence-electron chi connectivity index (χ3n) is 2.95. The van der Waals surface area contributed by atoms with Crippen LogP contribution in [0.2, 0.25) is 0 Å². The monoisotopic (exact) mass is 319 g/mol. The van der Waals surface area contributed by atoms with Crippen molar-refractivity contribution in [1.29, 1.82) is 0 Å². The Morgan fingerprint density at radius 1 is 1.21 bits per heavy atom. The highest BCUT2D eigenvalue weighted by Gasteiger charge is 2.05. The molecule has 19 heavy (non-hydrogen) atoms. The fourth-order valence-electron chi connectivity index (χ4n) is 1.91. The quantitative estimate of drug-likeness (QED) is 0.917. The predicted octanol–water partition coefficient (Wildman–Crippen LogP) is 3.20. The van der Waals surface area contributed by atoms with Crippen LogP contribution in [0.25, 0.3) is 0 Å². The zero-order valence-electron chi connectivity index (χ0n) is 11.2. The van der Waals surface area contributed by atoms with E-state index in [9.17, 15) is 0 Å². The summed E-state index contributed by atoms with van der Waals surface area (Å²) in [5.74, 6) is 0.982. The van der Waals surface area contributed by atoms with E-state index < -0.39 is 0 Å². The second kappa shape index (κ2) is 6.68. The molecular weight excluding hydrogens is 302 g/mol. The van der Waals surface area contributed by atoms with Gasteiger partial charge in [0.05, 0.1) is 0 Å². The molecule has 2 aromatic rings. The Labute approximate surface area is 122 Å². The number of rotatable bonds is 5. The van der Waals surface area contributed by atoms with Crippen LogP contribution in [0.4, 0.5) is 5.82 Å². The summed E-state index contributed by atoms with van der Waals surface area (Å²) in [6.45, 7) is 1.68. The average Bonchev–Trinajstić information content (AvgIpc) is 2.42. The van der Waals surface area contributed by atoms with Gasteiger partial charge in [-0.3, -0.25) is 0 Å². The molecule has 0 spiro atoms. The number of nitrogens with zero attached hydrogens (tertiary/aromatic N) is 2. The lowest BCUT2D eigenvalue weighted by molar-refractivity contribution is 0.810. The van der Waals surface area contributed by atoms with Crippen LogP contribution in [0.3, 0.4) is 0 Å². The van der Waals surface area contributed by atoms with Gasteiger partial charge < -0.3 is 10.2 Å². The Morgan fingerprint density at radius 2 is 2.00 bits per heavy atom. The Morgan fingerprint density at radius 3 is 2.63 bits per heavy atom. The summed E-state index contributed by atoms with van der Waals surface area (Å²) < 4.78 is 1.13. The topological polar surface area (TPSA) is 28.2 Å². The van der Waals surface area contributed by atoms with Gasteiger partial charge in [0.1, 0.15) is 5.82 Å². The minimum Gasteiger partial charge on any atom is -0.355 e. The maximum absolute atomic E-state index is 4.49. The molecule has 1 aromatic heterocycles. The molecule has 0 saturated heterocycles. The van der Waals surface area contributed by atoms with Crippen molar-refractivity contribution in [2.75, 3.05) is 19.0 Å². The van der Waals surface area contributed by atoms with E-state index in [2.05, 4.69) is 68.5 Å². The lowest BCUT2D eigenvalue weighted by Gasteiger charge is -2.19. The fourth-order valence-corrected chi connectivity index (χ4v) is 2.32. The molecule has 1 N–H and O–H groups in total. The summed E-state index contributed by atoms with van der Waals surface area (Å²) in [6, 6.07) is 12.4. The highest BCUT2D eigenvalue weighted by atomic mass is 79.9. The molecule has 0 bridgehead atoms. The zero-order chi connectivity index (χ0) is 13.7. The lowest BCUT2D eigenvalue weighted by Crippen LogP contribution is -2.18. The second-order valence-corrected chi connectivity index (χ2v) is 5.36. The van der Waals surface area contributed by atoms with Crippen molar-refractivity contribution in [3.63, 3.8) is 0 Å². The van der Waals surface area contributed by atoms with Gasteiger partial charge in [-0.2, -0.15) is 0 Å². The largest absolute Gasteiger partial charge is 0.355 e. The fraction of sp³-hybridized carbons (Fsp3) is 0.267. The number of hydrogen-bond acceptors (Lipinski definition) is 3. The third kappa shape index (κ3) is 3.78. The van der Waals surface area contributed by atoms with Gasteiger partial charge in [0.2, 0.25) is 0 Å². The molecule has 0 aliphatic carbocycles. The van der Waals surface area contributed by atoms with E-state index in [1.165, 1.54) is 11.1 Å². The average molecular weight is 320 g/mol. The number of anilines is 1. The van der Waals surface area contributed by atoms with Gasteiger partial charge in [0, 0.05) is 30.8 Å². The summed E-state index contributed by atoms with van der Waals surface area (Å²) in [4.78, 5) is 6.64. The minimum absolute atomic E-state index is 0.833. The standard InChI is InChI=1S/C15H18BrN3/c1-17-9-12-7-8-15(18-10-12)19(2)11-13-5-3-4-6-14(13)16/h3-8,10,17H,9,11H2,1-2H3. The van der Waals surface area contributed by atoms with E-state index in [1.54, 1.807) is 0 Å². The predicted molar refractivity (Wildman–Crippen MR) is 83.2 cm³/mol. The van der Waals surface area contributed by atoms with Crippen LogP contribution in [-0.2, 0) is 13.1 Å². The molecule has 0 fully saturated rings. The molecule has 0 unspecified atom stereocenters. The molecular formula is C15H18BrN3. The first-order valence-electron chi connectivity index (χ1n) is 6.25. The van der Waals surface area contributed by atoms with Gasteiger partial charge in [0.25, 0.3) is 0 Å². The Balaban J connectivity index is 2.07. The maximum atomic E-state index is 4.49. The van der Waals surface area contributed by atoms with Crippen molar-refractivity contribution in [3.05, 3.63) is 58.2 Å². The normalized spacial score (nSPS) is 10.5. The van der Waals surface area contributed by atoms with Gasteiger partial charge in [-0.1, -0.05) is 40.2 Å². The van der Waals surface area contributed by atoms with Gasteiger partial charge in [-0.05, 0) is 30.3 Å². The molecule has 0 aliphatic heterocycles. The highest BCUT2D eigenvalue weighted by Crippen LogP contribution is 2.19. The summed E-state index contributed by atoms with van der Waals surface area (Å²) in [5.41, 5.74) is 2.45. The molecule has 3 nitrogen and oxygen atoms in total. The number of nitrogens with one attached hydrogen (secondary N) is 1. The highest BCUT2D eigenvalue weighted by molar-refractivity contribution is 9.10. The van der Waals surface area contributed by atoms with Crippen LogP contribution in [-0.4, -0.2) is 19.1 Å². The van der Waals surface area contributed by atoms with Crippen molar-refractivity contribution in [3.8, 4) is 0 Å². The zero-order valence-corrected chi connectivity index (χ0v) is 12.8. The molecule has 4 heteroatoms. The second-order valence-electron chi connectivity index (χ2n) is 4.50. The number of halogens is 1. The number of benzene rings is 1. The molecule has 1 aromatic carbocycles. The van der Waals surface area contributed by atoms with Gasteiger partial charge in [-0.15, -0.1) is 0 Å². The van der Waals surface area contributed by atoms with Gasteiger partial charge >= 0.3 is 0 Å². The molecule has 0 saturated carbocycles. The third-order valence-corrected chi connectivity index (χ3v) is 3.72. The van der Waals surface area contributed by atoms with Crippen molar-refractivity contribution in [2.45, 2.75) is 13.1 Å². The molecule has 100 valence electrons.